The van der Waals surface area contributed by atoms with Gasteiger partial charge in [0.15, 0.2) is 11.6 Å². The topological polar surface area (TPSA) is 55.8 Å². The van der Waals surface area contributed by atoms with Crippen LogP contribution < -0.4 is 4.74 Å². The molecule has 6 heteroatoms. The van der Waals surface area contributed by atoms with Crippen LogP contribution in [0.15, 0.2) is 40.7 Å². The summed E-state index contributed by atoms with van der Waals surface area (Å²) < 4.78 is 11.6. The molecular formula is C29H38ClNO4. The van der Waals surface area contributed by atoms with Crippen molar-refractivity contribution >= 4 is 23.2 Å². The summed E-state index contributed by atoms with van der Waals surface area (Å²) in [5.41, 5.74) is 4.02. The molecule has 1 aliphatic heterocycles. The van der Waals surface area contributed by atoms with Crippen molar-refractivity contribution in [1.29, 1.82) is 0 Å². The van der Waals surface area contributed by atoms with E-state index in [2.05, 4.69) is 39.5 Å². The van der Waals surface area contributed by atoms with Crippen molar-refractivity contribution in [3.8, 4) is 5.75 Å². The summed E-state index contributed by atoms with van der Waals surface area (Å²) >= 11 is 6.50. The minimum atomic E-state index is -0.462. The predicted octanol–water partition coefficient (Wildman–Crippen LogP) is 6.46. The number of halogens is 1. The first kappa shape index (κ1) is 26.0. The molecular weight excluding hydrogens is 462 g/mol. The number of allylic oxidation sites excluding steroid dienone is 4. The van der Waals surface area contributed by atoms with Gasteiger partial charge in [-0.1, -0.05) is 46.2 Å². The lowest BCUT2D eigenvalue weighted by molar-refractivity contribution is -0.119. The summed E-state index contributed by atoms with van der Waals surface area (Å²) in [7, 11) is 1.69. The SMILES string of the molecule is CCCOc1ccc(Cl)cc1C1C2=C(CC(C)(C)CC2=O)N(CCOC)C2=C1C(=O)CC(C)(C)C2. The van der Waals surface area contributed by atoms with Gasteiger partial charge in [0.25, 0.3) is 0 Å². The number of carbonyl (C=O) groups is 2. The number of ether oxygens (including phenoxy) is 2. The van der Waals surface area contributed by atoms with Gasteiger partial charge in [0.05, 0.1) is 13.2 Å². The molecule has 0 radical (unpaired) electrons. The normalized spacial score (nSPS) is 21.9. The Kier molecular flexibility index (Phi) is 7.23. The van der Waals surface area contributed by atoms with Crippen LogP contribution in [0, 0.1) is 10.8 Å². The van der Waals surface area contributed by atoms with E-state index in [9.17, 15) is 9.59 Å². The molecule has 0 saturated carbocycles. The van der Waals surface area contributed by atoms with Crippen LogP contribution in [0.4, 0.5) is 0 Å². The molecule has 0 saturated heterocycles. The average molecular weight is 500 g/mol. The number of Topliss-reactive ketones (excluding diaryl/α,β-unsaturated/α-hetero) is 2. The fourth-order valence-corrected chi connectivity index (χ4v) is 6.08. The Labute approximate surface area is 214 Å². The second kappa shape index (κ2) is 9.74. The largest absolute Gasteiger partial charge is 0.493 e. The zero-order chi connectivity index (χ0) is 25.5. The summed E-state index contributed by atoms with van der Waals surface area (Å²) in [4.78, 5) is 29.9. The lowest BCUT2D eigenvalue weighted by atomic mass is 9.63. The van der Waals surface area contributed by atoms with Crippen molar-refractivity contribution in [2.45, 2.75) is 72.6 Å². The third-order valence-electron chi connectivity index (χ3n) is 7.29. The van der Waals surface area contributed by atoms with Crippen LogP contribution in [0.25, 0.3) is 0 Å². The Morgan fingerprint density at radius 1 is 0.943 bits per heavy atom. The fraction of sp³-hybridized carbons (Fsp3) is 0.586. The minimum absolute atomic E-state index is 0.106. The summed E-state index contributed by atoms with van der Waals surface area (Å²) in [6.07, 6.45) is 3.30. The predicted molar refractivity (Wildman–Crippen MR) is 139 cm³/mol. The maximum Gasteiger partial charge on any atom is 0.162 e. The van der Waals surface area contributed by atoms with Crippen LogP contribution in [0.1, 0.15) is 78.2 Å². The Bertz CT molecular complexity index is 1040. The van der Waals surface area contributed by atoms with Crippen LogP contribution in [-0.4, -0.2) is 43.3 Å². The maximum atomic E-state index is 13.8. The zero-order valence-electron chi connectivity index (χ0n) is 21.9. The molecule has 1 aromatic carbocycles. The van der Waals surface area contributed by atoms with Gasteiger partial charge in [0.1, 0.15) is 5.75 Å². The summed E-state index contributed by atoms with van der Waals surface area (Å²) in [6.45, 7) is 12.3. The molecule has 1 aromatic rings. The van der Waals surface area contributed by atoms with Crippen LogP contribution in [-0.2, 0) is 14.3 Å². The molecule has 1 heterocycles. The van der Waals surface area contributed by atoms with Crippen molar-refractivity contribution in [3.05, 3.63) is 51.3 Å². The van der Waals surface area contributed by atoms with E-state index < -0.39 is 5.92 Å². The molecule has 0 bridgehead atoms. The first-order chi connectivity index (χ1) is 16.5. The van der Waals surface area contributed by atoms with Crippen molar-refractivity contribution in [3.63, 3.8) is 0 Å². The van der Waals surface area contributed by atoms with Gasteiger partial charge in [0.2, 0.25) is 0 Å². The average Bonchev–Trinajstić information content (AvgIpc) is 2.74. The van der Waals surface area contributed by atoms with E-state index in [1.165, 1.54) is 0 Å². The molecule has 0 amide bonds. The van der Waals surface area contributed by atoms with Crippen molar-refractivity contribution < 1.29 is 19.1 Å². The lowest BCUT2D eigenvalue weighted by Gasteiger charge is -2.49. The zero-order valence-corrected chi connectivity index (χ0v) is 22.7. The molecule has 0 aromatic heterocycles. The van der Waals surface area contributed by atoms with E-state index in [1.807, 2.05) is 18.2 Å². The Morgan fingerprint density at radius 2 is 1.51 bits per heavy atom. The highest BCUT2D eigenvalue weighted by atomic mass is 35.5. The molecule has 0 atom stereocenters. The van der Waals surface area contributed by atoms with Gasteiger partial charge in [-0.2, -0.15) is 0 Å². The number of hydrogen-bond donors (Lipinski definition) is 0. The van der Waals surface area contributed by atoms with Crippen LogP contribution >= 0.6 is 11.6 Å². The number of carbonyl (C=O) groups excluding carboxylic acids is 2. The number of hydrogen-bond acceptors (Lipinski definition) is 5. The van der Waals surface area contributed by atoms with E-state index in [4.69, 9.17) is 21.1 Å². The molecule has 2 aliphatic carbocycles. The highest BCUT2D eigenvalue weighted by molar-refractivity contribution is 6.30. The number of rotatable bonds is 7. The van der Waals surface area contributed by atoms with Gasteiger partial charge in [-0.3, -0.25) is 9.59 Å². The first-order valence-electron chi connectivity index (χ1n) is 12.7. The smallest absolute Gasteiger partial charge is 0.162 e. The monoisotopic (exact) mass is 499 g/mol. The van der Waals surface area contributed by atoms with Crippen LogP contribution in [0.5, 0.6) is 5.75 Å². The van der Waals surface area contributed by atoms with Gasteiger partial charge in [-0.15, -0.1) is 0 Å². The highest BCUT2D eigenvalue weighted by Crippen LogP contribution is 2.55. The Balaban J connectivity index is 2.00. The summed E-state index contributed by atoms with van der Waals surface area (Å²) in [5.74, 6) is 0.445. The third-order valence-corrected chi connectivity index (χ3v) is 7.52. The maximum absolute atomic E-state index is 13.8. The second-order valence-electron chi connectivity index (χ2n) is 11.7. The Hall–Kier alpha value is -2.11. The quantitative estimate of drug-likeness (QED) is 0.431. The standard InChI is InChI=1S/C29H38ClNO4/c1-7-11-35-24-9-8-18(30)13-19(24)25-26-20(14-28(2,3)16-22(26)32)31(10-12-34-6)21-15-29(4,5)17-23(33)27(21)25/h8-9,13,25H,7,10-12,14-17H2,1-6H3. The van der Waals surface area contributed by atoms with E-state index in [1.54, 1.807) is 7.11 Å². The number of methoxy groups -OCH3 is 1. The number of ketones is 2. The van der Waals surface area contributed by atoms with E-state index in [0.717, 1.165) is 47.4 Å². The summed E-state index contributed by atoms with van der Waals surface area (Å²) in [6, 6.07) is 5.57. The molecule has 190 valence electrons. The van der Waals surface area contributed by atoms with Gasteiger partial charge < -0.3 is 14.4 Å². The molecule has 0 unspecified atom stereocenters. The Morgan fingerprint density at radius 3 is 2.03 bits per heavy atom. The van der Waals surface area contributed by atoms with E-state index in [-0.39, 0.29) is 22.4 Å². The van der Waals surface area contributed by atoms with Crippen molar-refractivity contribution in [1.82, 2.24) is 4.90 Å². The van der Waals surface area contributed by atoms with Gasteiger partial charge >= 0.3 is 0 Å². The molecule has 0 spiro atoms. The molecule has 0 N–H and O–H groups in total. The van der Waals surface area contributed by atoms with Gasteiger partial charge in [0, 0.05) is 65.5 Å². The van der Waals surface area contributed by atoms with Crippen LogP contribution in [0.2, 0.25) is 5.02 Å². The lowest BCUT2D eigenvalue weighted by Crippen LogP contribution is -2.45. The first-order valence-corrected chi connectivity index (χ1v) is 13.1. The van der Waals surface area contributed by atoms with Crippen molar-refractivity contribution in [2.75, 3.05) is 26.9 Å². The van der Waals surface area contributed by atoms with Gasteiger partial charge in [-0.05, 0) is 48.3 Å². The number of benzene rings is 1. The van der Waals surface area contributed by atoms with E-state index >= 15 is 0 Å². The highest BCUT2D eigenvalue weighted by Gasteiger charge is 2.49. The van der Waals surface area contributed by atoms with Crippen molar-refractivity contribution in [2.24, 2.45) is 10.8 Å². The third kappa shape index (κ3) is 5.08. The minimum Gasteiger partial charge on any atom is -0.493 e. The summed E-state index contributed by atoms with van der Waals surface area (Å²) in [5, 5.41) is 0.571. The van der Waals surface area contributed by atoms with Gasteiger partial charge in [-0.25, -0.2) is 0 Å². The number of nitrogens with zero attached hydrogens (tertiary/aromatic N) is 1. The molecule has 5 nitrogen and oxygen atoms in total. The van der Waals surface area contributed by atoms with Crippen LogP contribution in [0.3, 0.4) is 0 Å². The molecule has 3 aliphatic rings. The molecule has 35 heavy (non-hydrogen) atoms. The molecule has 4 rings (SSSR count). The van der Waals surface area contributed by atoms with E-state index in [0.29, 0.717) is 43.4 Å². The second-order valence-corrected chi connectivity index (χ2v) is 12.1. The molecule has 0 fully saturated rings. The fourth-order valence-electron chi connectivity index (χ4n) is 5.90.